The lowest BCUT2D eigenvalue weighted by atomic mass is 9.98. The number of amides is 1. The van der Waals surface area contributed by atoms with E-state index < -0.39 is 0 Å². The summed E-state index contributed by atoms with van der Waals surface area (Å²) in [7, 11) is 0. The number of rotatable bonds is 10. The fourth-order valence-corrected chi connectivity index (χ4v) is 5.59. The van der Waals surface area contributed by atoms with Gasteiger partial charge in [-0.05, 0) is 64.4 Å². The van der Waals surface area contributed by atoms with Crippen LogP contribution in [-0.2, 0) is 13.0 Å². The van der Waals surface area contributed by atoms with Crippen LogP contribution in [0.1, 0.15) is 59.1 Å². The Balaban J connectivity index is 1.27. The lowest BCUT2D eigenvalue weighted by Crippen LogP contribution is -2.27. The number of hydrogen-bond acceptors (Lipinski definition) is 5. The van der Waals surface area contributed by atoms with E-state index in [-0.39, 0.29) is 11.8 Å². The number of hydrogen-bond donors (Lipinski definition) is 2. The first kappa shape index (κ1) is 28.0. The number of tetrazole rings is 1. The van der Waals surface area contributed by atoms with Gasteiger partial charge in [-0.2, -0.15) is 5.21 Å². The molecule has 2 N–H and O–H groups in total. The summed E-state index contributed by atoms with van der Waals surface area (Å²) in [6.07, 6.45) is 1.85. The van der Waals surface area contributed by atoms with E-state index in [1.165, 1.54) is 5.56 Å². The molecule has 0 saturated carbocycles. The van der Waals surface area contributed by atoms with Crippen molar-refractivity contribution in [2.75, 3.05) is 6.54 Å². The zero-order valence-electron chi connectivity index (χ0n) is 24.7. The van der Waals surface area contributed by atoms with E-state index >= 15 is 0 Å². The Hall–Kier alpha value is -5.11. The van der Waals surface area contributed by atoms with Crippen LogP contribution in [0.3, 0.4) is 0 Å². The average Bonchev–Trinajstić information content (AvgIpc) is 3.70. The van der Waals surface area contributed by atoms with Gasteiger partial charge in [-0.15, -0.1) is 10.2 Å². The van der Waals surface area contributed by atoms with Gasteiger partial charge in [0, 0.05) is 30.6 Å². The minimum Gasteiger partial charge on any atom is -0.351 e. The van der Waals surface area contributed by atoms with Gasteiger partial charge in [-0.25, -0.2) is 4.98 Å². The van der Waals surface area contributed by atoms with Crippen molar-refractivity contribution in [1.82, 2.24) is 35.5 Å². The molecule has 8 nitrogen and oxygen atoms in total. The topological polar surface area (TPSA) is 101 Å². The molecular formula is C35H35N7O. The van der Waals surface area contributed by atoms with Crippen molar-refractivity contribution < 1.29 is 4.79 Å². The molecule has 43 heavy (non-hydrogen) atoms. The van der Waals surface area contributed by atoms with Crippen molar-refractivity contribution in [1.29, 1.82) is 0 Å². The Kier molecular flexibility index (Phi) is 8.09. The molecule has 0 fully saturated rings. The van der Waals surface area contributed by atoms with Crippen molar-refractivity contribution in [3.8, 4) is 22.5 Å². The van der Waals surface area contributed by atoms with Crippen LogP contribution in [0.5, 0.6) is 0 Å². The van der Waals surface area contributed by atoms with Crippen LogP contribution in [0.2, 0.25) is 0 Å². The summed E-state index contributed by atoms with van der Waals surface area (Å²) in [5, 5.41) is 17.7. The van der Waals surface area contributed by atoms with Crippen molar-refractivity contribution in [2.45, 2.75) is 46.1 Å². The zero-order valence-corrected chi connectivity index (χ0v) is 24.7. The molecule has 0 bridgehead atoms. The van der Waals surface area contributed by atoms with Gasteiger partial charge in [0.1, 0.15) is 5.82 Å². The molecule has 216 valence electrons. The lowest BCUT2D eigenvalue weighted by Gasteiger charge is -2.14. The SMILES string of the molecule is CCCc1nc2c(C)cc(C(=O)NC[C@@H](C)c3ccccc3)cc2n1Cc1ccc(-c2ccccc2-c2nn[nH]n2)cc1. The van der Waals surface area contributed by atoms with E-state index in [4.69, 9.17) is 4.98 Å². The number of benzene rings is 4. The van der Waals surface area contributed by atoms with Crippen molar-refractivity contribution in [3.05, 3.63) is 119 Å². The van der Waals surface area contributed by atoms with Gasteiger partial charge < -0.3 is 9.88 Å². The number of nitrogens with one attached hydrogen (secondary N) is 2. The van der Waals surface area contributed by atoms with Gasteiger partial charge >= 0.3 is 0 Å². The van der Waals surface area contributed by atoms with Gasteiger partial charge in [0.15, 0.2) is 0 Å². The Bertz CT molecular complexity index is 1840. The molecule has 8 heteroatoms. The van der Waals surface area contributed by atoms with Crippen molar-refractivity contribution in [2.24, 2.45) is 0 Å². The second-order valence-electron chi connectivity index (χ2n) is 11.0. The van der Waals surface area contributed by atoms with Gasteiger partial charge in [0.05, 0.1) is 11.0 Å². The zero-order chi connectivity index (χ0) is 29.8. The molecule has 2 heterocycles. The third-order valence-electron chi connectivity index (χ3n) is 7.92. The van der Waals surface area contributed by atoms with Crippen LogP contribution in [-0.4, -0.2) is 42.6 Å². The summed E-state index contributed by atoms with van der Waals surface area (Å²) >= 11 is 0. The fourth-order valence-electron chi connectivity index (χ4n) is 5.59. The molecule has 6 rings (SSSR count). The molecule has 0 saturated heterocycles. The Labute approximate surface area is 251 Å². The monoisotopic (exact) mass is 569 g/mol. The summed E-state index contributed by atoms with van der Waals surface area (Å²) in [5.74, 6) is 1.75. The summed E-state index contributed by atoms with van der Waals surface area (Å²) in [6, 6.07) is 30.8. The van der Waals surface area contributed by atoms with Crippen LogP contribution in [0, 0.1) is 6.92 Å². The quantitative estimate of drug-likeness (QED) is 0.191. The summed E-state index contributed by atoms with van der Waals surface area (Å²) in [6.45, 7) is 7.57. The first-order chi connectivity index (χ1) is 21.0. The predicted molar refractivity (Wildman–Crippen MR) is 170 cm³/mol. The van der Waals surface area contributed by atoms with Gasteiger partial charge in [-0.3, -0.25) is 4.79 Å². The fraction of sp³-hybridized carbons (Fsp3) is 0.229. The predicted octanol–water partition coefficient (Wildman–Crippen LogP) is 6.73. The van der Waals surface area contributed by atoms with E-state index in [9.17, 15) is 4.79 Å². The minimum atomic E-state index is -0.0674. The number of nitrogens with zero attached hydrogens (tertiary/aromatic N) is 5. The molecule has 0 spiro atoms. The van der Waals surface area contributed by atoms with Gasteiger partial charge in [0.2, 0.25) is 5.82 Å². The number of aromatic nitrogens is 6. The van der Waals surface area contributed by atoms with E-state index in [1.807, 2.05) is 55.5 Å². The van der Waals surface area contributed by atoms with Crippen molar-refractivity contribution >= 4 is 16.9 Å². The number of H-pyrrole nitrogens is 1. The number of aromatic amines is 1. The highest BCUT2D eigenvalue weighted by Gasteiger charge is 2.18. The maximum atomic E-state index is 13.3. The van der Waals surface area contributed by atoms with Crippen LogP contribution in [0.15, 0.2) is 91.0 Å². The Morgan fingerprint density at radius 3 is 2.42 bits per heavy atom. The third kappa shape index (κ3) is 5.95. The molecule has 2 aromatic heterocycles. The summed E-state index contributed by atoms with van der Waals surface area (Å²) in [4.78, 5) is 18.3. The maximum absolute atomic E-state index is 13.3. The third-order valence-corrected chi connectivity index (χ3v) is 7.92. The molecule has 1 amide bonds. The molecular weight excluding hydrogens is 534 g/mol. The first-order valence-corrected chi connectivity index (χ1v) is 14.8. The number of imidazole rings is 1. The van der Waals surface area contributed by atoms with Gasteiger partial charge in [0.25, 0.3) is 5.91 Å². The smallest absolute Gasteiger partial charge is 0.251 e. The van der Waals surface area contributed by atoms with Crippen LogP contribution in [0.4, 0.5) is 0 Å². The molecule has 1 atom stereocenters. The molecule has 0 aliphatic carbocycles. The van der Waals surface area contributed by atoms with Crippen LogP contribution < -0.4 is 5.32 Å². The molecule has 0 aliphatic rings. The second-order valence-corrected chi connectivity index (χ2v) is 11.0. The maximum Gasteiger partial charge on any atom is 0.251 e. The lowest BCUT2D eigenvalue weighted by molar-refractivity contribution is 0.0951. The number of carbonyl (C=O) groups is 1. The number of aryl methyl sites for hydroxylation is 2. The summed E-state index contributed by atoms with van der Waals surface area (Å²) in [5.41, 5.74) is 9.00. The largest absolute Gasteiger partial charge is 0.351 e. The summed E-state index contributed by atoms with van der Waals surface area (Å²) < 4.78 is 2.26. The molecule has 0 radical (unpaired) electrons. The molecule has 0 unspecified atom stereocenters. The number of carbonyl (C=O) groups excluding carboxylic acids is 1. The Morgan fingerprint density at radius 2 is 1.70 bits per heavy atom. The van der Waals surface area contributed by atoms with Gasteiger partial charge in [-0.1, -0.05) is 92.7 Å². The van der Waals surface area contributed by atoms with Crippen molar-refractivity contribution in [3.63, 3.8) is 0 Å². The molecule has 6 aromatic rings. The van der Waals surface area contributed by atoms with Crippen LogP contribution in [0.25, 0.3) is 33.5 Å². The standard InChI is InChI=1S/C35H35N7O/c1-4-10-32-37-33-23(2)19-28(35(43)36-21-24(3)26-11-6-5-7-12-26)20-31(33)42(32)22-25-15-17-27(18-16-25)29-13-8-9-14-30(29)34-38-40-41-39-34/h5-9,11-20,24H,4,10,21-22H2,1-3H3,(H,36,43)(H,38,39,40,41)/t24-/m1/s1. The second kappa shape index (κ2) is 12.4. The molecule has 4 aromatic carbocycles. The van der Waals surface area contributed by atoms with E-state index in [0.29, 0.717) is 24.5 Å². The number of fused-ring (bicyclic) bond motifs is 1. The highest BCUT2D eigenvalue weighted by atomic mass is 16.1. The van der Waals surface area contributed by atoms with E-state index in [0.717, 1.165) is 57.5 Å². The Morgan fingerprint density at radius 1 is 0.953 bits per heavy atom. The van der Waals surface area contributed by atoms with Crippen LogP contribution >= 0.6 is 0 Å². The normalized spacial score (nSPS) is 12.0. The minimum absolute atomic E-state index is 0.0674. The highest BCUT2D eigenvalue weighted by molar-refractivity contribution is 5.98. The average molecular weight is 570 g/mol. The first-order valence-electron chi connectivity index (χ1n) is 14.8. The van der Waals surface area contributed by atoms with E-state index in [1.54, 1.807) is 0 Å². The van der Waals surface area contributed by atoms with E-state index in [2.05, 4.69) is 86.8 Å². The highest BCUT2D eigenvalue weighted by Crippen LogP contribution is 2.30. The molecule has 0 aliphatic heterocycles.